The van der Waals surface area contributed by atoms with E-state index in [2.05, 4.69) is 15.6 Å². The number of halogens is 7. The van der Waals surface area contributed by atoms with Crippen LogP contribution in [0.2, 0.25) is 0 Å². The van der Waals surface area contributed by atoms with Crippen molar-refractivity contribution in [1.29, 1.82) is 0 Å². The molecule has 1 fully saturated rings. The molecular weight excluding hydrogens is 543 g/mol. The van der Waals surface area contributed by atoms with Crippen molar-refractivity contribution in [3.8, 4) is 0 Å². The van der Waals surface area contributed by atoms with Crippen LogP contribution in [0.25, 0.3) is 0 Å². The number of hydrogen-bond acceptors (Lipinski definition) is 3. The molecule has 1 aromatic rings. The van der Waals surface area contributed by atoms with Gasteiger partial charge in [-0.1, -0.05) is 0 Å². The summed E-state index contributed by atoms with van der Waals surface area (Å²) in [4.78, 5) is 19.2. The van der Waals surface area contributed by atoms with Crippen molar-refractivity contribution in [1.82, 2.24) is 15.1 Å². The van der Waals surface area contributed by atoms with Gasteiger partial charge in [-0.3, -0.25) is 9.69 Å². The minimum absolute atomic E-state index is 0. The lowest BCUT2D eigenvalue weighted by Crippen LogP contribution is -2.56. The second-order valence-corrected chi connectivity index (χ2v) is 6.68. The largest absolute Gasteiger partial charge is 0.403 e. The second-order valence-electron chi connectivity index (χ2n) is 6.68. The number of anilines is 1. The van der Waals surface area contributed by atoms with Crippen molar-refractivity contribution in [2.75, 3.05) is 44.6 Å². The first-order chi connectivity index (χ1) is 14.0. The number of hydrogen-bond donors (Lipinski definition) is 2. The summed E-state index contributed by atoms with van der Waals surface area (Å²) in [5.41, 5.74) is -0.520. The summed E-state index contributed by atoms with van der Waals surface area (Å²) in [5.74, 6) is -5.04. The molecule has 0 bridgehead atoms. The van der Waals surface area contributed by atoms with E-state index in [9.17, 15) is 31.1 Å². The number of amides is 1. The minimum Gasteiger partial charge on any atom is -0.357 e. The van der Waals surface area contributed by atoms with Crippen LogP contribution in [0.4, 0.5) is 32.0 Å². The van der Waals surface area contributed by atoms with E-state index in [0.29, 0.717) is 18.6 Å². The van der Waals surface area contributed by atoms with Gasteiger partial charge in [0.15, 0.2) is 23.4 Å². The molecule has 1 unspecified atom stereocenters. The molecule has 1 atom stereocenters. The number of guanidine groups is 1. The van der Waals surface area contributed by atoms with Gasteiger partial charge in [0.2, 0.25) is 5.91 Å². The van der Waals surface area contributed by atoms with Gasteiger partial charge in [-0.25, -0.2) is 18.2 Å². The molecule has 0 radical (unpaired) electrons. The zero-order chi connectivity index (χ0) is 22.5. The number of alkyl halides is 3. The van der Waals surface area contributed by atoms with Gasteiger partial charge < -0.3 is 15.5 Å². The Morgan fingerprint density at radius 2 is 1.74 bits per heavy atom. The number of piperazine rings is 1. The Kier molecular flexibility index (Phi) is 10.3. The van der Waals surface area contributed by atoms with Crippen LogP contribution in [0.5, 0.6) is 0 Å². The second kappa shape index (κ2) is 11.7. The van der Waals surface area contributed by atoms with Gasteiger partial charge in [0, 0.05) is 32.7 Å². The smallest absolute Gasteiger partial charge is 0.357 e. The summed E-state index contributed by atoms with van der Waals surface area (Å²) in [6.45, 7) is 3.77. The molecule has 31 heavy (non-hydrogen) atoms. The van der Waals surface area contributed by atoms with Crippen molar-refractivity contribution in [3.63, 3.8) is 0 Å². The first-order valence-corrected chi connectivity index (χ1v) is 9.32. The van der Waals surface area contributed by atoms with E-state index in [4.69, 9.17) is 0 Å². The highest BCUT2D eigenvalue weighted by molar-refractivity contribution is 14.0. The van der Waals surface area contributed by atoms with Crippen molar-refractivity contribution in [2.45, 2.75) is 26.1 Å². The number of carbonyl (C=O) groups excluding carboxylic acids is 1. The molecule has 13 heteroatoms. The number of nitrogens with zero attached hydrogens (tertiary/aromatic N) is 3. The third kappa shape index (κ3) is 7.40. The molecule has 1 heterocycles. The molecule has 1 aliphatic heterocycles. The first-order valence-electron chi connectivity index (χ1n) is 9.32. The normalized spacial score (nSPS) is 16.5. The van der Waals surface area contributed by atoms with E-state index in [1.165, 1.54) is 4.90 Å². The molecule has 176 valence electrons. The summed E-state index contributed by atoms with van der Waals surface area (Å²) in [6, 6.07) is 0.0145. The monoisotopic (exact) mass is 567 g/mol. The predicted molar refractivity (Wildman–Crippen MR) is 115 cm³/mol. The van der Waals surface area contributed by atoms with Crippen LogP contribution >= 0.6 is 24.0 Å². The number of benzene rings is 1. The Morgan fingerprint density at radius 1 is 1.13 bits per heavy atom. The molecule has 6 nitrogen and oxygen atoms in total. The van der Waals surface area contributed by atoms with Crippen LogP contribution < -0.4 is 10.6 Å². The van der Waals surface area contributed by atoms with Crippen LogP contribution in [0.3, 0.4) is 0 Å². The molecule has 1 aromatic carbocycles. The summed E-state index contributed by atoms with van der Waals surface area (Å²) < 4.78 is 78.4. The fraction of sp³-hybridized carbons (Fsp3) is 0.556. The number of carbonyl (C=O) groups is 1. The van der Waals surface area contributed by atoms with Crippen LogP contribution in [0.1, 0.15) is 13.8 Å². The molecule has 1 amide bonds. The van der Waals surface area contributed by atoms with E-state index in [1.807, 2.05) is 0 Å². The highest BCUT2D eigenvalue weighted by atomic mass is 127. The quantitative estimate of drug-likeness (QED) is 0.189. The van der Waals surface area contributed by atoms with Gasteiger partial charge in [-0.15, -0.1) is 24.0 Å². The SMILES string of the molecule is CCNC(=NCC(=O)Nc1ccc(F)c(F)c1F)N1CCN(C(C)C(F)(F)F)CC1.I. The maximum Gasteiger partial charge on any atom is 0.403 e. The zero-order valence-corrected chi connectivity index (χ0v) is 19.2. The van der Waals surface area contributed by atoms with E-state index in [-0.39, 0.29) is 50.2 Å². The average molecular weight is 567 g/mol. The van der Waals surface area contributed by atoms with Crippen LogP contribution in [-0.4, -0.2) is 73.2 Å². The highest BCUT2D eigenvalue weighted by Crippen LogP contribution is 2.25. The Balaban J connectivity index is 0.00000480. The average Bonchev–Trinajstić information content (AvgIpc) is 2.70. The van der Waals surface area contributed by atoms with Gasteiger partial charge in [-0.2, -0.15) is 13.2 Å². The van der Waals surface area contributed by atoms with Gasteiger partial charge >= 0.3 is 6.18 Å². The van der Waals surface area contributed by atoms with Crippen LogP contribution in [0.15, 0.2) is 17.1 Å². The highest BCUT2D eigenvalue weighted by Gasteiger charge is 2.41. The predicted octanol–water partition coefficient (Wildman–Crippen LogP) is 3.19. The molecule has 0 saturated carbocycles. The molecule has 2 rings (SSSR count). The Hall–Kier alpha value is -1.77. The Labute approximate surface area is 193 Å². The van der Waals surface area contributed by atoms with Crippen molar-refractivity contribution < 1.29 is 31.1 Å². The lowest BCUT2D eigenvalue weighted by atomic mass is 10.2. The number of aliphatic imine (C=N–C) groups is 1. The topological polar surface area (TPSA) is 60.0 Å². The van der Waals surface area contributed by atoms with Gasteiger partial charge in [0.1, 0.15) is 12.6 Å². The minimum atomic E-state index is -4.31. The Morgan fingerprint density at radius 3 is 2.29 bits per heavy atom. The lowest BCUT2D eigenvalue weighted by molar-refractivity contribution is -0.181. The van der Waals surface area contributed by atoms with E-state index < -0.39 is 47.8 Å². The molecule has 1 saturated heterocycles. The van der Waals surface area contributed by atoms with Crippen molar-refractivity contribution in [3.05, 3.63) is 29.6 Å². The lowest BCUT2D eigenvalue weighted by Gasteiger charge is -2.39. The van der Waals surface area contributed by atoms with Gasteiger partial charge in [0.05, 0.1) is 5.69 Å². The third-order valence-electron chi connectivity index (χ3n) is 4.65. The summed E-state index contributed by atoms with van der Waals surface area (Å²) in [6.07, 6.45) is -4.31. The molecule has 2 N–H and O–H groups in total. The standard InChI is InChI=1S/C18H23F6N5O.HI/c1-3-25-17(29-8-6-28(7-9-29)11(2)18(22,23)24)26-10-14(30)27-13-5-4-12(19)15(20)16(13)21;/h4-5,11H,3,6-10H2,1-2H3,(H,25,26)(H,27,30);1H. The van der Waals surface area contributed by atoms with E-state index >= 15 is 0 Å². The molecule has 0 aliphatic carbocycles. The van der Waals surface area contributed by atoms with Crippen LogP contribution in [-0.2, 0) is 4.79 Å². The maximum absolute atomic E-state index is 13.6. The fourth-order valence-corrected chi connectivity index (χ4v) is 2.91. The first kappa shape index (κ1) is 27.3. The summed E-state index contributed by atoms with van der Waals surface area (Å²) in [7, 11) is 0. The molecule has 1 aliphatic rings. The fourth-order valence-electron chi connectivity index (χ4n) is 2.91. The van der Waals surface area contributed by atoms with Crippen molar-refractivity contribution in [2.24, 2.45) is 4.99 Å². The Bertz CT molecular complexity index is 783. The van der Waals surface area contributed by atoms with Gasteiger partial charge in [0.25, 0.3) is 0 Å². The molecule has 0 aromatic heterocycles. The van der Waals surface area contributed by atoms with Crippen molar-refractivity contribution >= 4 is 41.5 Å². The zero-order valence-electron chi connectivity index (χ0n) is 16.9. The van der Waals surface area contributed by atoms with E-state index in [0.717, 1.165) is 13.0 Å². The summed E-state index contributed by atoms with van der Waals surface area (Å²) in [5, 5.41) is 5.06. The number of nitrogens with one attached hydrogen (secondary N) is 2. The maximum atomic E-state index is 13.6. The summed E-state index contributed by atoms with van der Waals surface area (Å²) >= 11 is 0. The van der Waals surface area contributed by atoms with E-state index in [1.54, 1.807) is 11.8 Å². The van der Waals surface area contributed by atoms with Crippen LogP contribution in [0, 0.1) is 17.5 Å². The molecule has 0 spiro atoms. The third-order valence-corrected chi connectivity index (χ3v) is 4.65. The van der Waals surface area contributed by atoms with Gasteiger partial charge in [-0.05, 0) is 26.0 Å². The molecular formula is C18H24F6IN5O. The number of rotatable bonds is 5.